The third kappa shape index (κ3) is 5.94. The van der Waals surface area contributed by atoms with Crippen LogP contribution in [0.25, 0.3) is 0 Å². The smallest absolute Gasteiger partial charge is 0.303 e. The number of aliphatic carboxylic acids is 1. The zero-order chi connectivity index (χ0) is 18.1. The van der Waals surface area contributed by atoms with Gasteiger partial charge in [-0.25, -0.2) is 0 Å². The van der Waals surface area contributed by atoms with Crippen molar-refractivity contribution in [1.29, 1.82) is 0 Å². The van der Waals surface area contributed by atoms with Gasteiger partial charge in [0.1, 0.15) is 12.1 Å². The van der Waals surface area contributed by atoms with Crippen LogP contribution in [0.5, 0.6) is 0 Å². The first kappa shape index (κ1) is 19.1. The molecule has 0 bridgehead atoms. The monoisotopic (exact) mass is 344 g/mol. The molecule has 1 fully saturated rings. The molecular formula is C20H24O5. The maximum Gasteiger partial charge on any atom is 0.303 e. The molecule has 3 atom stereocenters. The molecule has 3 unspecified atom stereocenters. The Morgan fingerprint density at radius 3 is 2.68 bits per heavy atom. The molecule has 1 N–H and O–H groups in total. The van der Waals surface area contributed by atoms with Crippen molar-refractivity contribution in [1.82, 2.24) is 0 Å². The average Bonchev–Trinajstić information content (AvgIpc) is 2.91. The summed E-state index contributed by atoms with van der Waals surface area (Å²) in [6.45, 7) is 0.390. The Balaban J connectivity index is 1.83. The summed E-state index contributed by atoms with van der Waals surface area (Å²) >= 11 is 0. The number of benzene rings is 1. The molecule has 1 aliphatic rings. The first-order valence-electron chi connectivity index (χ1n) is 8.62. The predicted molar refractivity (Wildman–Crippen MR) is 92.9 cm³/mol. The van der Waals surface area contributed by atoms with E-state index in [1.807, 2.05) is 42.5 Å². The number of carboxylic acid groups (broad SMARTS) is 1. The first-order chi connectivity index (χ1) is 12.1. The van der Waals surface area contributed by atoms with Crippen LogP contribution in [0.2, 0.25) is 0 Å². The lowest BCUT2D eigenvalue weighted by Crippen LogP contribution is -2.24. The van der Waals surface area contributed by atoms with E-state index in [0.29, 0.717) is 25.9 Å². The molecule has 0 radical (unpaired) electrons. The minimum Gasteiger partial charge on any atom is -0.481 e. The minimum atomic E-state index is -0.807. The zero-order valence-corrected chi connectivity index (χ0v) is 14.2. The van der Waals surface area contributed by atoms with E-state index in [4.69, 9.17) is 9.84 Å². The molecule has 2 rings (SSSR count). The fourth-order valence-electron chi connectivity index (χ4n) is 3.11. The number of carbonyl (C=O) groups is 3. The molecular weight excluding hydrogens is 320 g/mol. The van der Waals surface area contributed by atoms with Crippen LogP contribution in [0.3, 0.4) is 0 Å². The molecule has 0 aromatic heterocycles. The molecule has 134 valence electrons. The summed E-state index contributed by atoms with van der Waals surface area (Å²) in [5.74, 6) is -1.50. The van der Waals surface area contributed by atoms with Crippen molar-refractivity contribution in [2.75, 3.05) is 0 Å². The van der Waals surface area contributed by atoms with Gasteiger partial charge in [-0.2, -0.15) is 0 Å². The molecule has 1 aliphatic carbocycles. The van der Waals surface area contributed by atoms with Gasteiger partial charge < -0.3 is 14.6 Å². The number of carboxylic acids is 1. The van der Waals surface area contributed by atoms with Crippen LogP contribution in [0.1, 0.15) is 37.7 Å². The molecule has 0 saturated heterocycles. The molecule has 1 saturated carbocycles. The molecule has 0 aliphatic heterocycles. The van der Waals surface area contributed by atoms with Crippen molar-refractivity contribution in [3.8, 4) is 0 Å². The van der Waals surface area contributed by atoms with Crippen LogP contribution in [0.15, 0.2) is 42.5 Å². The van der Waals surface area contributed by atoms with Crippen molar-refractivity contribution >= 4 is 18.0 Å². The number of hydrogen-bond donors (Lipinski definition) is 1. The first-order valence-corrected chi connectivity index (χ1v) is 8.62. The van der Waals surface area contributed by atoms with Crippen LogP contribution in [0, 0.1) is 11.8 Å². The molecule has 0 heterocycles. The summed E-state index contributed by atoms with van der Waals surface area (Å²) in [6, 6.07) is 9.67. The van der Waals surface area contributed by atoms with Gasteiger partial charge in [0.25, 0.3) is 0 Å². The predicted octanol–water partition coefficient (Wildman–Crippen LogP) is 3.18. The molecule has 0 spiro atoms. The zero-order valence-electron chi connectivity index (χ0n) is 14.2. The average molecular weight is 344 g/mol. The van der Waals surface area contributed by atoms with Crippen LogP contribution in [0.4, 0.5) is 0 Å². The van der Waals surface area contributed by atoms with E-state index < -0.39 is 11.9 Å². The topological polar surface area (TPSA) is 80.7 Å². The van der Waals surface area contributed by atoms with Crippen LogP contribution >= 0.6 is 0 Å². The van der Waals surface area contributed by atoms with Gasteiger partial charge in [0, 0.05) is 18.8 Å². The van der Waals surface area contributed by atoms with Gasteiger partial charge in [-0.05, 0) is 24.8 Å². The van der Waals surface area contributed by atoms with Gasteiger partial charge in [-0.15, -0.1) is 0 Å². The Kier molecular flexibility index (Phi) is 7.54. The van der Waals surface area contributed by atoms with Crippen molar-refractivity contribution in [2.24, 2.45) is 11.8 Å². The van der Waals surface area contributed by atoms with E-state index in [9.17, 15) is 14.4 Å². The van der Waals surface area contributed by atoms with Gasteiger partial charge in [-0.1, -0.05) is 42.5 Å². The summed E-state index contributed by atoms with van der Waals surface area (Å²) in [4.78, 5) is 34.1. The van der Waals surface area contributed by atoms with Crippen molar-refractivity contribution in [3.63, 3.8) is 0 Å². The Morgan fingerprint density at radius 1 is 1.24 bits per heavy atom. The van der Waals surface area contributed by atoms with Gasteiger partial charge in [0.05, 0.1) is 18.6 Å². The summed E-state index contributed by atoms with van der Waals surface area (Å²) in [7, 11) is 0. The fraction of sp³-hybridized carbons (Fsp3) is 0.450. The van der Waals surface area contributed by atoms with E-state index >= 15 is 0 Å². The number of ether oxygens (including phenoxy) is 1. The molecule has 1 aromatic rings. The highest BCUT2D eigenvalue weighted by Gasteiger charge is 2.42. The second-order valence-electron chi connectivity index (χ2n) is 6.32. The third-order valence-corrected chi connectivity index (χ3v) is 4.49. The van der Waals surface area contributed by atoms with Crippen LogP contribution in [-0.4, -0.2) is 29.2 Å². The molecule has 5 heteroatoms. The van der Waals surface area contributed by atoms with E-state index in [2.05, 4.69) is 0 Å². The van der Waals surface area contributed by atoms with Crippen LogP contribution in [-0.2, 0) is 25.7 Å². The number of carbonyl (C=O) groups excluding carboxylic acids is 2. The SMILES string of the molecule is O=CC1C(OCc2ccccc2)CC(=O)C1CC=CCCCC(=O)O. The highest BCUT2D eigenvalue weighted by molar-refractivity contribution is 5.88. The molecule has 0 amide bonds. The molecule has 1 aromatic carbocycles. The van der Waals surface area contributed by atoms with E-state index in [1.54, 1.807) is 0 Å². The minimum absolute atomic E-state index is 0.0605. The number of Topliss-reactive ketones (excluding diaryl/α,β-unsaturated/α-hetero) is 1. The maximum absolute atomic E-state index is 12.2. The summed E-state index contributed by atoms with van der Waals surface area (Å²) in [6.07, 6.45) is 6.38. The summed E-state index contributed by atoms with van der Waals surface area (Å²) in [5.41, 5.74) is 1.02. The van der Waals surface area contributed by atoms with Gasteiger partial charge in [0.2, 0.25) is 0 Å². The quantitative estimate of drug-likeness (QED) is 0.400. The third-order valence-electron chi connectivity index (χ3n) is 4.49. The van der Waals surface area contributed by atoms with Gasteiger partial charge >= 0.3 is 5.97 Å². The summed E-state index contributed by atoms with van der Waals surface area (Å²) in [5, 5.41) is 8.58. The number of allylic oxidation sites excluding steroid dienone is 2. The lowest BCUT2D eigenvalue weighted by molar-refractivity contribution is -0.137. The Bertz CT molecular complexity index is 608. The normalized spacial score (nSPS) is 23.2. The van der Waals surface area contributed by atoms with Crippen LogP contribution < -0.4 is 0 Å². The largest absolute Gasteiger partial charge is 0.481 e. The number of ketones is 1. The molecule has 25 heavy (non-hydrogen) atoms. The number of rotatable bonds is 10. The highest BCUT2D eigenvalue weighted by Crippen LogP contribution is 2.33. The van der Waals surface area contributed by atoms with Crippen molar-refractivity contribution < 1.29 is 24.2 Å². The lowest BCUT2D eigenvalue weighted by atomic mass is 9.92. The summed E-state index contributed by atoms with van der Waals surface area (Å²) < 4.78 is 5.82. The number of aldehydes is 1. The van der Waals surface area contributed by atoms with E-state index in [1.165, 1.54) is 0 Å². The van der Waals surface area contributed by atoms with Crippen molar-refractivity contribution in [3.05, 3.63) is 48.0 Å². The van der Waals surface area contributed by atoms with Gasteiger partial charge in [0.15, 0.2) is 0 Å². The maximum atomic E-state index is 12.2. The standard InChI is InChI=1S/C20H24O5/c21-13-17-16(10-6-1-2-7-11-20(23)24)18(22)12-19(17)25-14-15-8-4-3-5-9-15/h1,3-6,8-9,13,16-17,19H,2,7,10-12,14H2,(H,23,24). The Morgan fingerprint density at radius 2 is 2.00 bits per heavy atom. The number of unbranched alkanes of at least 4 members (excludes halogenated alkanes) is 1. The number of hydrogen-bond acceptors (Lipinski definition) is 4. The Hall–Kier alpha value is -2.27. The highest BCUT2D eigenvalue weighted by atomic mass is 16.5. The van der Waals surface area contributed by atoms with E-state index in [-0.39, 0.29) is 30.6 Å². The second kappa shape index (κ2) is 9.89. The second-order valence-corrected chi connectivity index (χ2v) is 6.32. The Labute approximate surface area is 147 Å². The van der Waals surface area contributed by atoms with E-state index in [0.717, 1.165) is 11.8 Å². The fourth-order valence-corrected chi connectivity index (χ4v) is 3.11. The van der Waals surface area contributed by atoms with Crippen molar-refractivity contribution in [2.45, 2.75) is 44.8 Å². The molecule has 5 nitrogen and oxygen atoms in total. The lowest BCUT2D eigenvalue weighted by Gasteiger charge is -2.18. The van der Waals surface area contributed by atoms with Gasteiger partial charge in [-0.3, -0.25) is 9.59 Å².